The number of aliphatic carboxylic acids is 7. The molecule has 0 radical (unpaired) electrons. The van der Waals surface area contributed by atoms with Crippen LogP contribution in [-0.4, -0.2) is 101 Å². The molecule has 5 unspecified atom stereocenters. The maximum atomic E-state index is 12.8. The van der Waals surface area contributed by atoms with E-state index in [0.29, 0.717) is 5.57 Å². The summed E-state index contributed by atoms with van der Waals surface area (Å²) in [5, 5.41) is 72.7. The Kier molecular flexibility index (Phi) is 13.6. The average Bonchev–Trinajstić information content (AvgIpc) is 3.77. The number of carbonyl (C=O) groups is 8. The van der Waals surface area contributed by atoms with Gasteiger partial charge >= 0.3 is 41.8 Å². The van der Waals surface area contributed by atoms with Gasteiger partial charge in [0.25, 0.3) is 0 Å². The van der Waals surface area contributed by atoms with E-state index in [0.717, 1.165) is 0 Å². The zero-order chi connectivity index (χ0) is 45.8. The number of aliphatic imine (C=N–C) groups is 3. The second kappa shape index (κ2) is 18.3. The van der Waals surface area contributed by atoms with Crippen molar-refractivity contribution in [1.82, 2.24) is 5.32 Å². The van der Waals surface area contributed by atoms with Gasteiger partial charge in [-0.25, -0.2) is 4.99 Å². The Morgan fingerprint density at radius 1 is 0.613 bits per heavy atom. The van der Waals surface area contributed by atoms with Crippen LogP contribution >= 0.6 is 0 Å². The van der Waals surface area contributed by atoms with Gasteiger partial charge in [0.15, 0.2) is 0 Å². The van der Waals surface area contributed by atoms with Gasteiger partial charge in [0.1, 0.15) is 0 Å². The normalized spacial score (nSPS) is 25.1. The summed E-state index contributed by atoms with van der Waals surface area (Å²) in [4.78, 5) is 113. The van der Waals surface area contributed by atoms with E-state index < -0.39 is 121 Å². The lowest BCUT2D eigenvalue weighted by molar-refractivity contribution is -0.140. The van der Waals surface area contributed by atoms with E-state index in [1.54, 1.807) is 13.8 Å². The monoisotopic (exact) mass is 861 g/mol. The van der Waals surface area contributed by atoms with Gasteiger partial charge in [0.2, 0.25) is 5.91 Å². The quantitative estimate of drug-likeness (QED) is 0.0843. The van der Waals surface area contributed by atoms with Crippen LogP contribution in [0.3, 0.4) is 0 Å². The number of allylic oxidation sites excluding steroid dienone is 8. The fourth-order valence-corrected chi connectivity index (χ4v) is 9.09. The van der Waals surface area contributed by atoms with Gasteiger partial charge < -0.3 is 46.8 Å². The van der Waals surface area contributed by atoms with Crippen LogP contribution in [-0.2, 0) is 38.4 Å². The van der Waals surface area contributed by atoms with Crippen molar-refractivity contribution in [1.29, 1.82) is 0 Å². The molecule has 8 bridgehead atoms. The van der Waals surface area contributed by atoms with E-state index >= 15 is 0 Å². The number of primary amides is 1. The highest BCUT2D eigenvalue weighted by Gasteiger charge is 2.51. The van der Waals surface area contributed by atoms with Gasteiger partial charge in [0, 0.05) is 94.9 Å². The second-order valence-electron chi connectivity index (χ2n) is 16.3. The number of carboxylic acid groups (broad SMARTS) is 7. The van der Waals surface area contributed by atoms with Crippen LogP contribution in [0, 0.1) is 28.6 Å². The van der Waals surface area contributed by atoms with Gasteiger partial charge in [-0.15, -0.1) is 0 Å². The molecule has 5 aliphatic rings. The van der Waals surface area contributed by atoms with E-state index in [1.165, 1.54) is 24.3 Å². The SMILES string of the molecule is CC1(CC(N)=O)C2=NC(=CC3=NC(=CC4=NC(=CC5=C(CCC(=O)O)C(CC(=O)O)C(=C2)N5)C(CCC(=O)O)=C4CC(=O)O)C(CCC(=O)O)C3(C)CC(=O)O)C1CCC(=O)O. The van der Waals surface area contributed by atoms with E-state index in [2.05, 4.69) is 5.32 Å². The molecule has 0 aromatic heterocycles. The van der Waals surface area contributed by atoms with Gasteiger partial charge in [-0.2, -0.15) is 0 Å². The van der Waals surface area contributed by atoms with Crippen LogP contribution in [0.1, 0.15) is 90.9 Å². The van der Waals surface area contributed by atoms with Crippen molar-refractivity contribution in [3.05, 3.63) is 69.5 Å². The summed E-state index contributed by atoms with van der Waals surface area (Å²) in [6.45, 7) is 3.19. The predicted octanol–water partition coefficient (Wildman–Crippen LogP) is 3.67. The van der Waals surface area contributed by atoms with Crippen molar-refractivity contribution in [3.8, 4) is 0 Å². The third kappa shape index (κ3) is 10.1. The summed E-state index contributed by atoms with van der Waals surface area (Å²) in [7, 11) is 0. The van der Waals surface area contributed by atoms with E-state index in [4.69, 9.17) is 20.7 Å². The maximum absolute atomic E-state index is 12.8. The molecular weight excluding hydrogens is 814 g/mol. The minimum atomic E-state index is -1.47. The number of carboxylic acids is 7. The summed E-state index contributed by atoms with van der Waals surface area (Å²) in [6, 6.07) is 0. The Morgan fingerprint density at radius 3 is 1.66 bits per heavy atom. The Hall–Kier alpha value is -6.99. The van der Waals surface area contributed by atoms with E-state index in [1.807, 2.05) is 0 Å². The van der Waals surface area contributed by atoms with Crippen molar-refractivity contribution >= 4 is 64.8 Å². The molecule has 0 aromatic carbocycles. The number of fused-ring (bicyclic) bond motifs is 5. The number of nitrogens with one attached hydrogen (secondary N) is 1. The van der Waals surface area contributed by atoms with E-state index in [-0.39, 0.29) is 88.9 Å². The minimum Gasteiger partial charge on any atom is -0.481 e. The van der Waals surface area contributed by atoms with Crippen LogP contribution in [0.5, 0.6) is 0 Å². The van der Waals surface area contributed by atoms with Gasteiger partial charge in [-0.1, -0.05) is 13.8 Å². The number of nitrogens with zero attached hydrogens (tertiary/aromatic N) is 3. The van der Waals surface area contributed by atoms with Crippen LogP contribution < -0.4 is 11.1 Å². The first-order valence-electron chi connectivity index (χ1n) is 19.7. The van der Waals surface area contributed by atoms with Crippen molar-refractivity contribution in [2.24, 2.45) is 49.3 Å². The highest BCUT2D eigenvalue weighted by molar-refractivity contribution is 6.15. The third-order valence-electron chi connectivity index (χ3n) is 12.0. The topological polar surface area (TPSA) is 353 Å². The molecule has 10 N–H and O–H groups in total. The predicted molar refractivity (Wildman–Crippen MR) is 217 cm³/mol. The molecule has 330 valence electrons. The van der Waals surface area contributed by atoms with Crippen LogP contribution in [0.25, 0.3) is 0 Å². The molecule has 0 aliphatic carbocycles. The van der Waals surface area contributed by atoms with Gasteiger partial charge in [-0.3, -0.25) is 48.3 Å². The molecule has 0 saturated carbocycles. The number of nitrogens with two attached hydrogens (primary N) is 1. The lowest BCUT2D eigenvalue weighted by Gasteiger charge is -2.33. The van der Waals surface area contributed by atoms with Crippen LogP contribution in [0.15, 0.2) is 84.5 Å². The summed E-state index contributed by atoms with van der Waals surface area (Å²) in [5.74, 6) is -12.4. The molecule has 5 aliphatic heterocycles. The number of hydrogen-bond acceptors (Lipinski definition) is 12. The molecule has 0 fully saturated rings. The first-order chi connectivity index (χ1) is 29.0. The number of hydrogen-bond donors (Lipinski definition) is 9. The zero-order valence-electron chi connectivity index (χ0n) is 33.8. The summed E-state index contributed by atoms with van der Waals surface area (Å²) in [6.07, 6.45) is 1.09. The molecule has 20 nitrogen and oxygen atoms in total. The Morgan fingerprint density at radius 2 is 1.15 bits per heavy atom. The first kappa shape index (κ1) is 46.1. The summed E-state index contributed by atoms with van der Waals surface area (Å²) < 4.78 is 0. The largest absolute Gasteiger partial charge is 0.481 e. The maximum Gasteiger partial charge on any atom is 0.307 e. The molecule has 1 amide bonds. The smallest absolute Gasteiger partial charge is 0.307 e. The summed E-state index contributed by atoms with van der Waals surface area (Å²) in [5.41, 5.74) is 4.45. The number of amides is 1. The molecule has 62 heavy (non-hydrogen) atoms. The summed E-state index contributed by atoms with van der Waals surface area (Å²) >= 11 is 0. The van der Waals surface area contributed by atoms with E-state index in [9.17, 15) is 74.1 Å². The zero-order valence-corrected chi connectivity index (χ0v) is 33.8. The van der Waals surface area contributed by atoms with Crippen molar-refractivity contribution < 1.29 is 74.1 Å². The van der Waals surface area contributed by atoms with Gasteiger partial charge in [-0.05, 0) is 66.7 Å². The molecule has 5 rings (SSSR count). The standard InChI is InChI=1S/C42H47N5O15/c1-41(17-33(43)48)24(6-10-37(55)56)30-16-32-42(2,18-40(61)62)23(5-9-36(53)54)29(46-32)14-27-21(11-38(57)58)19(3-7-34(49)50)25(44-27)13-26-20(4-8-35(51)52)22(12-39(59)60)28(45-26)15-31(41)47-30/h13-16,22-24,45H,3-12,17-18H2,1-2H3,(H2,43,48)(H,49,50)(H,51,52)(H,53,54)(H,55,56)(H,57,58)(H,59,60)(H,61,62). The Labute approximate surface area is 353 Å². The Bertz CT molecular complexity index is 2330. The lowest BCUT2D eigenvalue weighted by Crippen LogP contribution is -2.37. The molecule has 5 heterocycles. The fourth-order valence-electron chi connectivity index (χ4n) is 9.09. The number of carbonyl (C=O) groups excluding carboxylic acids is 1. The number of rotatable bonds is 20. The van der Waals surface area contributed by atoms with Crippen molar-refractivity contribution in [3.63, 3.8) is 0 Å². The molecule has 20 heteroatoms. The average molecular weight is 862 g/mol. The fraction of sp³-hybridized carbons (Fsp3) is 0.452. The molecular formula is C42H47N5O15. The van der Waals surface area contributed by atoms with Crippen molar-refractivity contribution in [2.45, 2.75) is 90.9 Å². The molecule has 0 aromatic rings. The molecule has 5 atom stereocenters. The highest BCUT2D eigenvalue weighted by Crippen LogP contribution is 2.52. The van der Waals surface area contributed by atoms with Crippen molar-refractivity contribution in [2.75, 3.05) is 0 Å². The highest BCUT2D eigenvalue weighted by atomic mass is 16.4. The minimum absolute atomic E-state index is 0.00476. The van der Waals surface area contributed by atoms with Gasteiger partial charge in [0.05, 0.1) is 30.7 Å². The third-order valence-corrected chi connectivity index (χ3v) is 12.0. The second-order valence-corrected chi connectivity index (χ2v) is 16.3. The van der Waals surface area contributed by atoms with Crippen LogP contribution in [0.2, 0.25) is 0 Å². The van der Waals surface area contributed by atoms with Crippen LogP contribution in [0.4, 0.5) is 0 Å². The molecule has 0 saturated heterocycles. The molecule has 0 spiro atoms. The Balaban J connectivity index is 1.95. The first-order valence-corrected chi connectivity index (χ1v) is 19.7. The lowest BCUT2D eigenvalue weighted by atomic mass is 9.67.